The van der Waals surface area contributed by atoms with Crippen molar-refractivity contribution in [2.24, 2.45) is 5.92 Å². The SMILES string of the molecule is COCCN(CCOC)C(=O)CN1C(=O)N[C@]2(CCCC[C@@H]2C)C1=O. The monoisotopic (exact) mass is 355 g/mol. The van der Waals surface area contributed by atoms with E-state index < -0.39 is 11.6 Å². The highest BCUT2D eigenvalue weighted by Crippen LogP contribution is 2.38. The molecule has 1 N–H and O–H groups in total. The number of nitrogens with zero attached hydrogens (tertiary/aromatic N) is 2. The molecule has 2 rings (SSSR count). The predicted octanol–water partition coefficient (Wildman–Crippen LogP) is 0.609. The second-order valence-electron chi connectivity index (χ2n) is 6.81. The highest BCUT2D eigenvalue weighted by molar-refractivity contribution is 6.09. The van der Waals surface area contributed by atoms with Crippen LogP contribution in [0.5, 0.6) is 0 Å². The van der Waals surface area contributed by atoms with Crippen molar-refractivity contribution in [1.82, 2.24) is 15.1 Å². The van der Waals surface area contributed by atoms with Crippen molar-refractivity contribution in [2.45, 2.75) is 38.1 Å². The Labute approximate surface area is 148 Å². The van der Waals surface area contributed by atoms with Crippen molar-refractivity contribution in [1.29, 1.82) is 0 Å². The van der Waals surface area contributed by atoms with Gasteiger partial charge in [0.15, 0.2) is 0 Å². The van der Waals surface area contributed by atoms with E-state index in [1.807, 2.05) is 6.92 Å². The van der Waals surface area contributed by atoms with Crippen molar-refractivity contribution in [3.63, 3.8) is 0 Å². The van der Waals surface area contributed by atoms with Crippen LogP contribution >= 0.6 is 0 Å². The first kappa shape index (κ1) is 19.7. The van der Waals surface area contributed by atoms with Gasteiger partial charge in [0.2, 0.25) is 5.91 Å². The lowest BCUT2D eigenvalue weighted by atomic mass is 9.73. The molecule has 0 aromatic rings. The molecule has 0 aromatic carbocycles. The molecule has 25 heavy (non-hydrogen) atoms. The fourth-order valence-electron chi connectivity index (χ4n) is 3.64. The Kier molecular flexibility index (Phi) is 6.78. The average molecular weight is 355 g/mol. The van der Waals surface area contributed by atoms with E-state index in [0.29, 0.717) is 32.7 Å². The molecule has 1 aliphatic heterocycles. The van der Waals surface area contributed by atoms with Crippen LogP contribution in [0.2, 0.25) is 0 Å². The molecule has 1 aliphatic carbocycles. The zero-order valence-corrected chi connectivity index (χ0v) is 15.4. The van der Waals surface area contributed by atoms with Gasteiger partial charge in [0, 0.05) is 27.3 Å². The van der Waals surface area contributed by atoms with Crippen molar-refractivity contribution in [3.05, 3.63) is 0 Å². The summed E-state index contributed by atoms with van der Waals surface area (Å²) in [7, 11) is 3.12. The zero-order chi connectivity index (χ0) is 18.4. The standard InChI is InChI=1S/C17H29N3O5/c1-13-6-4-5-7-17(13)15(22)20(16(23)18-17)12-14(21)19(8-10-24-2)9-11-25-3/h13H,4-12H2,1-3H3,(H,18,23)/t13-,17-/m0/s1. The van der Waals surface area contributed by atoms with E-state index in [9.17, 15) is 14.4 Å². The fourth-order valence-corrected chi connectivity index (χ4v) is 3.64. The molecule has 0 bridgehead atoms. The van der Waals surface area contributed by atoms with E-state index in [0.717, 1.165) is 24.2 Å². The van der Waals surface area contributed by atoms with Gasteiger partial charge >= 0.3 is 6.03 Å². The lowest BCUT2D eigenvalue weighted by molar-refractivity contribution is -0.141. The van der Waals surface area contributed by atoms with Crippen LogP contribution in [0.3, 0.4) is 0 Å². The molecule has 142 valence electrons. The molecule has 2 fully saturated rings. The van der Waals surface area contributed by atoms with E-state index in [1.54, 1.807) is 19.1 Å². The molecular formula is C17H29N3O5. The molecule has 0 radical (unpaired) electrons. The second kappa shape index (κ2) is 8.62. The molecule has 8 nitrogen and oxygen atoms in total. The first-order chi connectivity index (χ1) is 12.0. The Morgan fingerprint density at radius 1 is 1.24 bits per heavy atom. The fraction of sp³-hybridized carbons (Fsp3) is 0.824. The van der Waals surface area contributed by atoms with Crippen LogP contribution in [0.1, 0.15) is 32.6 Å². The van der Waals surface area contributed by atoms with Gasteiger partial charge in [0.25, 0.3) is 5.91 Å². The van der Waals surface area contributed by atoms with Gasteiger partial charge in [-0.3, -0.25) is 14.5 Å². The molecule has 0 unspecified atom stereocenters. The molecular weight excluding hydrogens is 326 g/mol. The third kappa shape index (κ3) is 4.12. The van der Waals surface area contributed by atoms with Gasteiger partial charge in [-0.05, 0) is 18.8 Å². The highest BCUT2D eigenvalue weighted by atomic mass is 16.5. The number of nitrogens with one attached hydrogen (secondary N) is 1. The minimum Gasteiger partial charge on any atom is -0.383 e. The van der Waals surface area contributed by atoms with Crippen LogP contribution in [0.4, 0.5) is 4.79 Å². The number of carbonyl (C=O) groups excluding carboxylic acids is 3. The van der Waals surface area contributed by atoms with Gasteiger partial charge in [0.1, 0.15) is 12.1 Å². The van der Waals surface area contributed by atoms with Gasteiger partial charge in [-0.2, -0.15) is 0 Å². The Balaban J connectivity index is 2.05. The molecule has 1 heterocycles. The molecule has 4 amide bonds. The lowest BCUT2D eigenvalue weighted by Gasteiger charge is -2.36. The maximum atomic E-state index is 12.9. The molecule has 8 heteroatoms. The van der Waals surface area contributed by atoms with Crippen LogP contribution in [-0.4, -0.2) is 80.3 Å². The van der Waals surface area contributed by atoms with Gasteiger partial charge in [-0.15, -0.1) is 0 Å². The Morgan fingerprint density at radius 3 is 2.44 bits per heavy atom. The quantitative estimate of drug-likeness (QED) is 0.645. The van der Waals surface area contributed by atoms with Crippen molar-refractivity contribution < 1.29 is 23.9 Å². The van der Waals surface area contributed by atoms with Gasteiger partial charge in [-0.25, -0.2) is 4.79 Å². The van der Waals surface area contributed by atoms with Gasteiger partial charge in [-0.1, -0.05) is 19.8 Å². The predicted molar refractivity (Wildman–Crippen MR) is 90.9 cm³/mol. The van der Waals surface area contributed by atoms with Crippen LogP contribution < -0.4 is 5.32 Å². The van der Waals surface area contributed by atoms with Crippen LogP contribution in [0.15, 0.2) is 0 Å². The van der Waals surface area contributed by atoms with Crippen molar-refractivity contribution in [3.8, 4) is 0 Å². The Morgan fingerprint density at radius 2 is 1.88 bits per heavy atom. The van der Waals surface area contributed by atoms with Crippen molar-refractivity contribution >= 4 is 17.8 Å². The third-order valence-corrected chi connectivity index (χ3v) is 5.28. The first-order valence-electron chi connectivity index (χ1n) is 8.86. The van der Waals surface area contributed by atoms with Crippen LogP contribution in [0, 0.1) is 5.92 Å². The van der Waals surface area contributed by atoms with Gasteiger partial charge < -0.3 is 19.7 Å². The molecule has 2 aliphatic rings. The number of hydrogen-bond acceptors (Lipinski definition) is 5. The Bertz CT molecular complexity index is 505. The first-order valence-corrected chi connectivity index (χ1v) is 8.86. The van der Waals surface area contributed by atoms with Crippen LogP contribution in [-0.2, 0) is 19.1 Å². The largest absolute Gasteiger partial charge is 0.383 e. The number of methoxy groups -OCH3 is 2. The Hall–Kier alpha value is -1.67. The molecule has 1 spiro atoms. The lowest BCUT2D eigenvalue weighted by Crippen LogP contribution is -2.54. The molecule has 1 saturated heterocycles. The number of carbonyl (C=O) groups is 3. The van der Waals surface area contributed by atoms with E-state index in [1.165, 1.54) is 0 Å². The maximum absolute atomic E-state index is 12.9. The van der Waals surface area contributed by atoms with E-state index >= 15 is 0 Å². The minimum atomic E-state index is -0.834. The minimum absolute atomic E-state index is 0.0795. The molecule has 2 atom stereocenters. The van der Waals surface area contributed by atoms with Crippen molar-refractivity contribution in [2.75, 3.05) is 47.1 Å². The number of hydrogen-bond donors (Lipinski definition) is 1. The van der Waals surface area contributed by atoms with Crippen LogP contribution in [0.25, 0.3) is 0 Å². The summed E-state index contributed by atoms with van der Waals surface area (Å²) in [6.07, 6.45) is 3.51. The number of amides is 4. The smallest absolute Gasteiger partial charge is 0.325 e. The normalized spacial score (nSPS) is 26.2. The summed E-state index contributed by atoms with van der Waals surface area (Å²) in [5.74, 6) is -0.467. The van der Waals surface area contributed by atoms with E-state index in [4.69, 9.17) is 9.47 Å². The summed E-state index contributed by atoms with van der Waals surface area (Å²) in [4.78, 5) is 40.5. The summed E-state index contributed by atoms with van der Waals surface area (Å²) in [6.45, 7) is 3.31. The summed E-state index contributed by atoms with van der Waals surface area (Å²) >= 11 is 0. The molecule has 1 saturated carbocycles. The third-order valence-electron chi connectivity index (χ3n) is 5.28. The topological polar surface area (TPSA) is 88.2 Å². The average Bonchev–Trinajstić information content (AvgIpc) is 2.83. The summed E-state index contributed by atoms with van der Waals surface area (Å²) in [5.41, 5.74) is -0.834. The van der Waals surface area contributed by atoms with Gasteiger partial charge in [0.05, 0.1) is 13.2 Å². The summed E-state index contributed by atoms with van der Waals surface area (Å²) < 4.78 is 10.0. The number of urea groups is 1. The zero-order valence-electron chi connectivity index (χ0n) is 15.4. The molecule has 0 aromatic heterocycles. The maximum Gasteiger partial charge on any atom is 0.325 e. The highest BCUT2D eigenvalue weighted by Gasteiger charge is 2.55. The summed E-state index contributed by atoms with van der Waals surface area (Å²) in [6, 6.07) is -0.467. The summed E-state index contributed by atoms with van der Waals surface area (Å²) in [5, 5.41) is 2.87. The second-order valence-corrected chi connectivity index (χ2v) is 6.81. The number of ether oxygens (including phenoxy) is 2. The van der Waals surface area contributed by atoms with E-state index in [2.05, 4.69) is 5.32 Å². The van der Waals surface area contributed by atoms with E-state index in [-0.39, 0.29) is 24.3 Å². The number of imide groups is 1. The number of rotatable bonds is 8.